The Hall–Kier alpha value is -3.05. The van der Waals surface area contributed by atoms with Crippen molar-refractivity contribution < 1.29 is 4.42 Å². The van der Waals surface area contributed by atoms with Gasteiger partial charge in [0.15, 0.2) is 0 Å². The Kier molecular flexibility index (Phi) is 4.59. The van der Waals surface area contributed by atoms with E-state index in [1.165, 1.54) is 24.1 Å². The van der Waals surface area contributed by atoms with Crippen LogP contribution in [-0.4, -0.2) is 34.2 Å². The smallest absolute Gasteiger partial charge is 0.133 e. The van der Waals surface area contributed by atoms with Crippen molar-refractivity contribution >= 4 is 16.6 Å². The fraction of sp³-hybridized carbons (Fsp3) is 0.261. The lowest BCUT2D eigenvalue weighted by Crippen LogP contribution is -2.41. The molecule has 0 amide bonds. The molecule has 142 valence electrons. The molecule has 4 aromatic rings. The number of fused-ring (bicyclic) bond motifs is 1. The average molecular weight is 372 g/mol. The fourth-order valence-electron chi connectivity index (χ4n) is 4.11. The predicted octanol–water partition coefficient (Wildman–Crippen LogP) is 4.90. The summed E-state index contributed by atoms with van der Waals surface area (Å²) in [4.78, 5) is 2.54. The van der Waals surface area contributed by atoms with E-state index in [1.54, 1.807) is 6.26 Å². The van der Waals surface area contributed by atoms with Gasteiger partial charge in [-0.05, 0) is 61.3 Å². The van der Waals surface area contributed by atoms with E-state index in [-0.39, 0.29) is 0 Å². The SMILES string of the molecule is c1cc(CN2CCC[C@@H](Nc3ccc4[nH]ncc4c3)C2)cc(-c2ccco2)c1. The minimum Gasteiger partial charge on any atom is -0.464 e. The quantitative estimate of drug-likeness (QED) is 0.523. The van der Waals surface area contributed by atoms with Gasteiger partial charge in [-0.1, -0.05) is 18.2 Å². The van der Waals surface area contributed by atoms with E-state index in [2.05, 4.69) is 62.9 Å². The van der Waals surface area contributed by atoms with Crippen molar-refractivity contribution in [2.45, 2.75) is 25.4 Å². The summed E-state index contributed by atoms with van der Waals surface area (Å²) >= 11 is 0. The molecule has 1 fully saturated rings. The lowest BCUT2D eigenvalue weighted by Gasteiger charge is -2.33. The fourth-order valence-corrected chi connectivity index (χ4v) is 4.11. The highest BCUT2D eigenvalue weighted by Crippen LogP contribution is 2.24. The van der Waals surface area contributed by atoms with Crippen LogP contribution in [0.3, 0.4) is 0 Å². The first-order valence-electron chi connectivity index (χ1n) is 9.88. The van der Waals surface area contributed by atoms with Crippen LogP contribution in [0.25, 0.3) is 22.2 Å². The molecule has 3 heterocycles. The van der Waals surface area contributed by atoms with Gasteiger partial charge in [-0.2, -0.15) is 5.10 Å². The van der Waals surface area contributed by atoms with Gasteiger partial charge in [-0.15, -0.1) is 0 Å². The van der Waals surface area contributed by atoms with Crippen molar-refractivity contribution in [1.82, 2.24) is 15.1 Å². The van der Waals surface area contributed by atoms with Crippen molar-refractivity contribution in [3.05, 3.63) is 72.6 Å². The van der Waals surface area contributed by atoms with Crippen LogP contribution in [-0.2, 0) is 6.54 Å². The number of H-pyrrole nitrogens is 1. The number of nitrogens with zero attached hydrogens (tertiary/aromatic N) is 2. The van der Waals surface area contributed by atoms with Crippen LogP contribution in [0, 0.1) is 0 Å². The molecule has 0 saturated carbocycles. The van der Waals surface area contributed by atoms with Crippen molar-refractivity contribution in [2.75, 3.05) is 18.4 Å². The number of benzene rings is 2. The van der Waals surface area contributed by atoms with Gasteiger partial charge in [-0.3, -0.25) is 10.00 Å². The highest BCUT2D eigenvalue weighted by molar-refractivity contribution is 5.81. The highest BCUT2D eigenvalue weighted by atomic mass is 16.3. The summed E-state index contributed by atoms with van der Waals surface area (Å²) in [6.45, 7) is 3.16. The first-order valence-corrected chi connectivity index (χ1v) is 9.88. The molecule has 2 aromatic heterocycles. The maximum absolute atomic E-state index is 5.54. The third-order valence-electron chi connectivity index (χ3n) is 5.46. The third-order valence-corrected chi connectivity index (χ3v) is 5.46. The molecule has 2 aromatic carbocycles. The topological polar surface area (TPSA) is 57.1 Å². The van der Waals surface area contributed by atoms with Crippen LogP contribution in [0.5, 0.6) is 0 Å². The molecule has 5 heteroatoms. The van der Waals surface area contributed by atoms with Crippen molar-refractivity contribution in [3.63, 3.8) is 0 Å². The molecule has 2 N–H and O–H groups in total. The molecule has 1 aliphatic heterocycles. The maximum atomic E-state index is 5.54. The van der Waals surface area contributed by atoms with Gasteiger partial charge < -0.3 is 9.73 Å². The first-order chi connectivity index (χ1) is 13.8. The molecule has 0 aliphatic carbocycles. The number of rotatable bonds is 5. The number of furan rings is 1. The molecule has 1 aliphatic rings. The number of hydrogen-bond acceptors (Lipinski definition) is 4. The second kappa shape index (κ2) is 7.52. The normalized spacial score (nSPS) is 17.8. The Bertz CT molecular complexity index is 1050. The Labute approximate surface area is 164 Å². The average Bonchev–Trinajstić information content (AvgIpc) is 3.40. The Morgan fingerprint density at radius 1 is 1.14 bits per heavy atom. The van der Waals surface area contributed by atoms with Crippen LogP contribution in [0.15, 0.2) is 71.5 Å². The molecular formula is C23H24N4O. The number of anilines is 1. The van der Waals surface area contributed by atoms with Crippen LogP contribution < -0.4 is 5.32 Å². The van der Waals surface area contributed by atoms with Crippen LogP contribution in [0.1, 0.15) is 18.4 Å². The zero-order chi connectivity index (χ0) is 18.8. The van der Waals surface area contributed by atoms with Crippen molar-refractivity contribution in [1.29, 1.82) is 0 Å². The molecule has 0 bridgehead atoms. The molecule has 1 atom stereocenters. The predicted molar refractivity (Wildman–Crippen MR) is 112 cm³/mol. The standard InChI is InChI=1S/C23H24N4O/c1-4-17(12-18(5-1)23-7-3-11-28-23)15-27-10-2-6-21(16-27)25-20-8-9-22-19(13-20)14-24-26-22/h1,3-5,7-9,11-14,21,25H,2,6,10,15-16H2,(H,24,26)/t21-/m1/s1. The number of hydrogen-bond donors (Lipinski definition) is 2. The van der Waals surface area contributed by atoms with Crippen LogP contribution in [0.2, 0.25) is 0 Å². The summed E-state index contributed by atoms with van der Waals surface area (Å²) in [5.41, 5.74) is 4.71. The van der Waals surface area contributed by atoms with Gasteiger partial charge in [0.2, 0.25) is 0 Å². The zero-order valence-electron chi connectivity index (χ0n) is 15.8. The van der Waals surface area contributed by atoms with E-state index >= 15 is 0 Å². The van der Waals surface area contributed by atoms with E-state index in [4.69, 9.17) is 4.42 Å². The maximum Gasteiger partial charge on any atom is 0.133 e. The summed E-state index contributed by atoms with van der Waals surface area (Å²) in [6.07, 6.45) is 6.01. The van der Waals surface area contributed by atoms with Crippen LogP contribution >= 0.6 is 0 Å². The molecular weight excluding hydrogens is 348 g/mol. The molecule has 0 radical (unpaired) electrons. The lowest BCUT2D eigenvalue weighted by atomic mass is 10.0. The Morgan fingerprint density at radius 2 is 2.14 bits per heavy atom. The number of likely N-dealkylation sites (tertiary alicyclic amines) is 1. The van der Waals surface area contributed by atoms with E-state index in [0.29, 0.717) is 6.04 Å². The van der Waals surface area contributed by atoms with Gasteiger partial charge in [-0.25, -0.2) is 0 Å². The number of nitrogens with one attached hydrogen (secondary N) is 2. The van der Waals surface area contributed by atoms with E-state index < -0.39 is 0 Å². The molecule has 5 rings (SSSR count). The summed E-state index contributed by atoms with van der Waals surface area (Å²) < 4.78 is 5.54. The lowest BCUT2D eigenvalue weighted by molar-refractivity contribution is 0.208. The molecule has 0 spiro atoms. The van der Waals surface area contributed by atoms with Gasteiger partial charge in [0.05, 0.1) is 18.0 Å². The van der Waals surface area contributed by atoms with Gasteiger partial charge in [0.1, 0.15) is 5.76 Å². The number of piperidine rings is 1. The summed E-state index contributed by atoms with van der Waals surface area (Å²) in [5, 5.41) is 12.0. The Morgan fingerprint density at radius 3 is 3.07 bits per heavy atom. The van der Waals surface area contributed by atoms with Crippen LogP contribution in [0.4, 0.5) is 5.69 Å². The van der Waals surface area contributed by atoms with Gasteiger partial charge in [0.25, 0.3) is 0 Å². The first kappa shape index (κ1) is 17.1. The summed E-state index contributed by atoms with van der Waals surface area (Å²) in [7, 11) is 0. The Balaban J connectivity index is 1.25. The second-order valence-electron chi connectivity index (χ2n) is 7.57. The minimum atomic E-state index is 0.464. The molecule has 5 nitrogen and oxygen atoms in total. The zero-order valence-corrected chi connectivity index (χ0v) is 15.8. The van der Waals surface area contributed by atoms with Crippen molar-refractivity contribution in [3.8, 4) is 11.3 Å². The second-order valence-corrected chi connectivity index (χ2v) is 7.57. The minimum absolute atomic E-state index is 0.464. The molecule has 28 heavy (non-hydrogen) atoms. The monoisotopic (exact) mass is 372 g/mol. The largest absolute Gasteiger partial charge is 0.464 e. The summed E-state index contributed by atoms with van der Waals surface area (Å²) in [5.74, 6) is 0.926. The third kappa shape index (κ3) is 3.66. The number of aromatic amines is 1. The summed E-state index contributed by atoms with van der Waals surface area (Å²) in [6, 6.07) is 19.5. The van der Waals surface area contributed by atoms with E-state index in [9.17, 15) is 0 Å². The van der Waals surface area contributed by atoms with E-state index in [1.807, 2.05) is 18.3 Å². The highest BCUT2D eigenvalue weighted by Gasteiger charge is 2.20. The van der Waals surface area contributed by atoms with E-state index in [0.717, 1.165) is 41.9 Å². The van der Waals surface area contributed by atoms with Gasteiger partial charge in [0, 0.05) is 35.8 Å². The van der Waals surface area contributed by atoms with Crippen molar-refractivity contribution in [2.24, 2.45) is 0 Å². The van der Waals surface area contributed by atoms with Gasteiger partial charge >= 0.3 is 0 Å². The number of aromatic nitrogens is 2. The molecule has 1 saturated heterocycles. The molecule has 0 unspecified atom stereocenters.